The molecule has 4 nitrogen and oxygen atoms in total. The van der Waals surface area contributed by atoms with Crippen molar-refractivity contribution in [3.63, 3.8) is 0 Å². The van der Waals surface area contributed by atoms with Crippen molar-refractivity contribution in [1.82, 2.24) is 10.2 Å². The van der Waals surface area contributed by atoms with Gasteiger partial charge in [-0.05, 0) is 36.5 Å². The highest BCUT2D eigenvalue weighted by molar-refractivity contribution is 5.79. The molecule has 0 atom stereocenters. The lowest BCUT2D eigenvalue weighted by molar-refractivity contribution is 0.273. The minimum absolute atomic E-state index is 0.700. The Labute approximate surface area is 121 Å². The van der Waals surface area contributed by atoms with Crippen molar-refractivity contribution in [2.75, 3.05) is 20.1 Å². The van der Waals surface area contributed by atoms with E-state index in [0.717, 1.165) is 30.5 Å². The number of rotatable bonds is 2. The molecule has 1 aromatic rings. The molecule has 4 heteroatoms. The standard InChI is InChI=1S/C16H22N4/c1-13-6-8-20(9-7-13)16(18-2)19-12-15-5-3-4-14(10-15)11-17/h3-5,10,13H,6-9,12H2,1-2H3,(H,18,19). The molecular formula is C16H22N4. The first-order valence-corrected chi connectivity index (χ1v) is 7.17. The van der Waals surface area contributed by atoms with E-state index >= 15 is 0 Å². The van der Waals surface area contributed by atoms with Crippen LogP contribution < -0.4 is 5.32 Å². The van der Waals surface area contributed by atoms with Crippen molar-refractivity contribution < 1.29 is 0 Å². The van der Waals surface area contributed by atoms with Crippen LogP contribution in [0.4, 0.5) is 0 Å². The smallest absolute Gasteiger partial charge is 0.193 e. The fraction of sp³-hybridized carbons (Fsp3) is 0.500. The van der Waals surface area contributed by atoms with Crippen LogP contribution in [0.1, 0.15) is 30.9 Å². The monoisotopic (exact) mass is 270 g/mol. The summed E-state index contributed by atoms with van der Waals surface area (Å²) in [5.41, 5.74) is 1.81. The average molecular weight is 270 g/mol. The van der Waals surface area contributed by atoms with E-state index in [4.69, 9.17) is 5.26 Å². The molecule has 0 radical (unpaired) electrons. The van der Waals surface area contributed by atoms with Crippen LogP contribution in [0, 0.1) is 17.2 Å². The Morgan fingerprint density at radius 3 is 2.85 bits per heavy atom. The van der Waals surface area contributed by atoms with Crippen LogP contribution in [0.3, 0.4) is 0 Å². The maximum absolute atomic E-state index is 8.91. The molecule has 1 aromatic carbocycles. The van der Waals surface area contributed by atoms with Crippen LogP contribution in [-0.4, -0.2) is 31.0 Å². The Kier molecular flexibility index (Phi) is 5.00. The van der Waals surface area contributed by atoms with Gasteiger partial charge in [-0.2, -0.15) is 5.26 Å². The molecule has 1 fully saturated rings. The third-order valence-electron chi connectivity index (χ3n) is 3.80. The lowest BCUT2D eigenvalue weighted by Gasteiger charge is -2.32. The minimum atomic E-state index is 0.700. The molecule has 1 N–H and O–H groups in total. The van der Waals surface area contributed by atoms with E-state index < -0.39 is 0 Å². The van der Waals surface area contributed by atoms with Gasteiger partial charge in [-0.15, -0.1) is 0 Å². The van der Waals surface area contributed by atoms with Gasteiger partial charge in [-0.25, -0.2) is 0 Å². The van der Waals surface area contributed by atoms with Crippen LogP contribution >= 0.6 is 0 Å². The molecule has 0 spiro atoms. The molecule has 1 saturated heterocycles. The van der Waals surface area contributed by atoms with Crippen LogP contribution in [0.25, 0.3) is 0 Å². The third-order valence-corrected chi connectivity index (χ3v) is 3.80. The lowest BCUT2D eigenvalue weighted by Crippen LogP contribution is -2.45. The highest BCUT2D eigenvalue weighted by Gasteiger charge is 2.18. The van der Waals surface area contributed by atoms with Crippen LogP contribution in [-0.2, 0) is 6.54 Å². The van der Waals surface area contributed by atoms with Gasteiger partial charge in [0.1, 0.15) is 0 Å². The van der Waals surface area contributed by atoms with E-state index in [1.54, 1.807) is 0 Å². The number of nitrogens with one attached hydrogen (secondary N) is 1. The number of guanidine groups is 1. The summed E-state index contributed by atoms with van der Waals surface area (Å²) in [5.74, 6) is 1.77. The number of piperidine rings is 1. The molecular weight excluding hydrogens is 248 g/mol. The third kappa shape index (κ3) is 3.74. The van der Waals surface area contributed by atoms with Crippen molar-refractivity contribution in [1.29, 1.82) is 5.26 Å². The summed E-state index contributed by atoms with van der Waals surface area (Å²) < 4.78 is 0. The van der Waals surface area contributed by atoms with Crippen LogP contribution in [0.2, 0.25) is 0 Å². The average Bonchev–Trinajstić information content (AvgIpc) is 2.50. The van der Waals surface area contributed by atoms with Gasteiger partial charge >= 0.3 is 0 Å². The zero-order valence-corrected chi connectivity index (χ0v) is 12.3. The van der Waals surface area contributed by atoms with Gasteiger partial charge < -0.3 is 10.2 Å². The fourth-order valence-electron chi connectivity index (χ4n) is 2.48. The molecule has 2 rings (SSSR count). The molecule has 0 bridgehead atoms. The first kappa shape index (κ1) is 14.4. The van der Waals surface area contributed by atoms with Gasteiger partial charge in [0.15, 0.2) is 5.96 Å². The number of nitriles is 1. The summed E-state index contributed by atoms with van der Waals surface area (Å²) in [5, 5.41) is 12.3. The molecule has 0 aromatic heterocycles. The van der Waals surface area contributed by atoms with Crippen molar-refractivity contribution in [3.8, 4) is 6.07 Å². The highest BCUT2D eigenvalue weighted by atomic mass is 15.3. The Balaban J connectivity index is 1.92. The van der Waals surface area contributed by atoms with E-state index in [0.29, 0.717) is 12.1 Å². The molecule has 1 heterocycles. The summed E-state index contributed by atoms with van der Waals surface area (Å²) in [6.07, 6.45) is 2.45. The highest BCUT2D eigenvalue weighted by Crippen LogP contribution is 2.16. The number of hydrogen-bond donors (Lipinski definition) is 1. The van der Waals surface area contributed by atoms with Crippen molar-refractivity contribution in [3.05, 3.63) is 35.4 Å². The molecule has 0 aliphatic carbocycles. The Morgan fingerprint density at radius 1 is 1.45 bits per heavy atom. The minimum Gasteiger partial charge on any atom is -0.352 e. The second-order valence-electron chi connectivity index (χ2n) is 5.38. The summed E-state index contributed by atoms with van der Waals surface area (Å²) in [7, 11) is 1.83. The quantitative estimate of drug-likeness (QED) is 0.663. The maximum Gasteiger partial charge on any atom is 0.193 e. The zero-order valence-electron chi connectivity index (χ0n) is 12.3. The zero-order chi connectivity index (χ0) is 14.4. The van der Waals surface area contributed by atoms with E-state index in [2.05, 4.69) is 28.2 Å². The number of benzene rings is 1. The topological polar surface area (TPSA) is 51.4 Å². The van der Waals surface area contributed by atoms with Crippen molar-refractivity contribution in [2.45, 2.75) is 26.3 Å². The van der Waals surface area contributed by atoms with Gasteiger partial charge in [0, 0.05) is 26.7 Å². The summed E-state index contributed by atoms with van der Waals surface area (Å²) in [6, 6.07) is 9.85. The van der Waals surface area contributed by atoms with E-state index in [-0.39, 0.29) is 0 Å². The SMILES string of the molecule is CN=C(NCc1cccc(C#N)c1)N1CCC(C)CC1. The predicted molar refractivity (Wildman–Crippen MR) is 81.3 cm³/mol. The Hall–Kier alpha value is -2.02. The summed E-state index contributed by atoms with van der Waals surface area (Å²) in [6.45, 7) is 5.15. The Morgan fingerprint density at radius 2 is 2.20 bits per heavy atom. The van der Waals surface area contributed by atoms with Gasteiger partial charge in [-0.1, -0.05) is 19.1 Å². The summed E-state index contributed by atoms with van der Waals surface area (Å²) >= 11 is 0. The molecule has 1 aliphatic rings. The van der Waals surface area contributed by atoms with Gasteiger partial charge in [0.25, 0.3) is 0 Å². The van der Waals surface area contributed by atoms with Crippen molar-refractivity contribution in [2.24, 2.45) is 10.9 Å². The number of nitrogens with zero attached hydrogens (tertiary/aromatic N) is 3. The summed E-state index contributed by atoms with van der Waals surface area (Å²) in [4.78, 5) is 6.67. The van der Waals surface area contributed by atoms with E-state index in [1.807, 2.05) is 31.3 Å². The predicted octanol–water partition coefficient (Wildman–Crippen LogP) is 2.37. The van der Waals surface area contributed by atoms with Crippen molar-refractivity contribution >= 4 is 5.96 Å². The maximum atomic E-state index is 8.91. The number of likely N-dealkylation sites (tertiary alicyclic amines) is 1. The molecule has 20 heavy (non-hydrogen) atoms. The molecule has 0 saturated carbocycles. The first-order chi connectivity index (χ1) is 9.72. The van der Waals surface area contributed by atoms with E-state index in [1.165, 1.54) is 12.8 Å². The molecule has 0 unspecified atom stereocenters. The van der Waals surface area contributed by atoms with E-state index in [9.17, 15) is 0 Å². The van der Waals surface area contributed by atoms with Gasteiger partial charge in [0.2, 0.25) is 0 Å². The fourth-order valence-corrected chi connectivity index (χ4v) is 2.48. The second kappa shape index (κ2) is 6.95. The largest absolute Gasteiger partial charge is 0.352 e. The lowest BCUT2D eigenvalue weighted by atomic mass is 9.99. The first-order valence-electron chi connectivity index (χ1n) is 7.17. The van der Waals surface area contributed by atoms with Gasteiger partial charge in [0.05, 0.1) is 11.6 Å². The normalized spacial score (nSPS) is 16.9. The molecule has 1 aliphatic heterocycles. The van der Waals surface area contributed by atoms with Crippen LogP contribution in [0.15, 0.2) is 29.3 Å². The van der Waals surface area contributed by atoms with Crippen LogP contribution in [0.5, 0.6) is 0 Å². The molecule has 106 valence electrons. The number of aliphatic imine (C=N–C) groups is 1. The Bertz CT molecular complexity index is 507. The van der Waals surface area contributed by atoms with Gasteiger partial charge in [-0.3, -0.25) is 4.99 Å². The second-order valence-corrected chi connectivity index (χ2v) is 5.38. The number of hydrogen-bond acceptors (Lipinski definition) is 2. The molecule has 0 amide bonds.